The van der Waals surface area contributed by atoms with Crippen LogP contribution in [0.25, 0.3) is 0 Å². The van der Waals surface area contributed by atoms with E-state index in [1.54, 1.807) is 24.3 Å². The van der Waals surface area contributed by atoms with Crippen LogP contribution in [0.3, 0.4) is 0 Å². The third-order valence-corrected chi connectivity index (χ3v) is 2.61. The number of imide groups is 1. The van der Waals surface area contributed by atoms with Crippen molar-refractivity contribution in [2.24, 2.45) is 10.8 Å². The van der Waals surface area contributed by atoms with E-state index in [0.29, 0.717) is 11.4 Å². The molecule has 1 aromatic carbocycles. The van der Waals surface area contributed by atoms with Gasteiger partial charge in [0.2, 0.25) is 5.71 Å². The van der Waals surface area contributed by atoms with E-state index < -0.39 is 11.9 Å². The Labute approximate surface area is 119 Å². The van der Waals surface area contributed by atoms with Crippen molar-refractivity contribution in [2.75, 3.05) is 16.9 Å². The summed E-state index contributed by atoms with van der Waals surface area (Å²) in [4.78, 5) is 24.2. The van der Waals surface area contributed by atoms with Crippen molar-refractivity contribution >= 4 is 34.9 Å². The summed E-state index contributed by atoms with van der Waals surface area (Å²) in [5.74, 6) is -0.822. The van der Waals surface area contributed by atoms with Crippen molar-refractivity contribution in [1.29, 1.82) is 10.7 Å². The number of carbonyl (C=O) groups excluding carboxylic acids is 2. The van der Waals surface area contributed by atoms with E-state index in [2.05, 4.69) is 15.8 Å². The number of rotatable bonds is 4. The molecule has 1 aliphatic heterocycles. The highest BCUT2D eigenvalue weighted by atomic mass is 16.2. The normalized spacial score (nSPS) is 14.6. The highest BCUT2D eigenvalue weighted by molar-refractivity contribution is 6.45. The number of hydrogen-bond acceptors (Lipinski definition) is 6. The third kappa shape index (κ3) is 2.95. The molecule has 1 fully saturated rings. The Morgan fingerprint density at radius 2 is 2.29 bits per heavy atom. The van der Waals surface area contributed by atoms with Crippen LogP contribution < -0.4 is 21.4 Å². The summed E-state index contributed by atoms with van der Waals surface area (Å²) in [7, 11) is 0. The second-order valence-electron chi connectivity index (χ2n) is 4.04. The molecule has 5 N–H and O–H groups in total. The van der Waals surface area contributed by atoms with Crippen LogP contribution in [0.15, 0.2) is 29.4 Å². The quantitative estimate of drug-likeness (QED) is 0.265. The fraction of sp³-hybridized carbons (Fsp3) is 0.0833. The zero-order chi connectivity index (χ0) is 15.4. The molecule has 0 atom stereocenters. The maximum atomic E-state index is 11.6. The van der Waals surface area contributed by atoms with Gasteiger partial charge in [-0.2, -0.15) is 10.4 Å². The first-order chi connectivity index (χ1) is 10.0. The highest BCUT2D eigenvalue weighted by Crippen LogP contribution is 2.21. The number of nitrogens with two attached hydrogens (primary N) is 1. The molecule has 106 valence electrons. The first-order valence-electron chi connectivity index (χ1n) is 5.82. The molecular weight excluding hydrogens is 274 g/mol. The van der Waals surface area contributed by atoms with Gasteiger partial charge in [0.15, 0.2) is 5.84 Å². The van der Waals surface area contributed by atoms with Gasteiger partial charge in [-0.25, -0.2) is 9.69 Å². The summed E-state index contributed by atoms with van der Waals surface area (Å²) >= 11 is 0. The molecule has 21 heavy (non-hydrogen) atoms. The lowest BCUT2D eigenvalue weighted by atomic mass is 10.2. The fourth-order valence-corrected chi connectivity index (χ4v) is 1.66. The van der Waals surface area contributed by atoms with Gasteiger partial charge in [0.25, 0.3) is 5.91 Å². The van der Waals surface area contributed by atoms with Crippen molar-refractivity contribution in [1.82, 2.24) is 5.32 Å². The topological polar surface area (TPSA) is 147 Å². The molecule has 1 heterocycles. The summed E-state index contributed by atoms with van der Waals surface area (Å²) in [5.41, 5.74) is 8.25. The van der Waals surface area contributed by atoms with E-state index in [-0.39, 0.29) is 18.2 Å². The minimum Gasteiger partial charge on any atom is -0.382 e. The molecule has 0 radical (unpaired) electrons. The molecule has 0 saturated carbocycles. The zero-order valence-corrected chi connectivity index (χ0v) is 10.8. The van der Waals surface area contributed by atoms with E-state index in [0.717, 1.165) is 4.90 Å². The van der Waals surface area contributed by atoms with Gasteiger partial charge in [-0.05, 0) is 18.2 Å². The summed E-state index contributed by atoms with van der Waals surface area (Å²) < 4.78 is 0. The van der Waals surface area contributed by atoms with Crippen molar-refractivity contribution < 1.29 is 9.59 Å². The number of amides is 3. The summed E-state index contributed by atoms with van der Waals surface area (Å²) in [6, 6.07) is 7.52. The maximum absolute atomic E-state index is 11.6. The van der Waals surface area contributed by atoms with Crippen LogP contribution in [0.4, 0.5) is 16.2 Å². The zero-order valence-electron chi connectivity index (χ0n) is 10.8. The van der Waals surface area contributed by atoms with Gasteiger partial charge >= 0.3 is 6.03 Å². The fourth-order valence-electron chi connectivity index (χ4n) is 1.66. The Balaban J connectivity index is 2.23. The van der Waals surface area contributed by atoms with Gasteiger partial charge in [-0.3, -0.25) is 15.6 Å². The molecule has 9 nitrogen and oxygen atoms in total. The van der Waals surface area contributed by atoms with Gasteiger partial charge in [-0.1, -0.05) is 6.07 Å². The summed E-state index contributed by atoms with van der Waals surface area (Å²) in [5, 5.41) is 21.9. The molecule has 0 bridgehead atoms. The number of benzene rings is 1. The average molecular weight is 285 g/mol. The van der Waals surface area contributed by atoms with Crippen LogP contribution in [-0.4, -0.2) is 30.0 Å². The van der Waals surface area contributed by atoms with Crippen molar-refractivity contribution in [2.45, 2.75) is 0 Å². The van der Waals surface area contributed by atoms with Crippen LogP contribution in [0, 0.1) is 16.7 Å². The minimum absolute atomic E-state index is 0.0441. The first-order valence-corrected chi connectivity index (χ1v) is 5.82. The Hall–Kier alpha value is -3.41. The molecule has 1 aromatic rings. The SMILES string of the molecule is N#C/C(=N\Nc1cccc(N2C(=O)CNC2=O)c1)C(=N)N. The Kier molecular flexibility index (Phi) is 3.80. The van der Waals surface area contributed by atoms with E-state index in [4.69, 9.17) is 16.4 Å². The number of amidine groups is 1. The van der Waals surface area contributed by atoms with Crippen LogP contribution in [0.2, 0.25) is 0 Å². The molecule has 0 aromatic heterocycles. The molecule has 0 spiro atoms. The third-order valence-electron chi connectivity index (χ3n) is 2.61. The van der Waals surface area contributed by atoms with E-state index >= 15 is 0 Å². The minimum atomic E-state index is -0.498. The summed E-state index contributed by atoms with van der Waals surface area (Å²) in [6.45, 7) is -0.0441. The molecule has 9 heteroatoms. The Morgan fingerprint density at radius 3 is 2.86 bits per heavy atom. The van der Waals surface area contributed by atoms with Crippen LogP contribution in [-0.2, 0) is 4.79 Å². The second-order valence-corrected chi connectivity index (χ2v) is 4.04. The van der Waals surface area contributed by atoms with Gasteiger partial charge in [0.05, 0.1) is 17.9 Å². The second kappa shape index (κ2) is 5.70. The van der Waals surface area contributed by atoms with Crippen LogP contribution >= 0.6 is 0 Å². The summed E-state index contributed by atoms with van der Waals surface area (Å²) in [6.07, 6.45) is 0. The van der Waals surface area contributed by atoms with Crippen molar-refractivity contribution in [3.8, 4) is 6.07 Å². The number of urea groups is 1. The van der Waals surface area contributed by atoms with Crippen molar-refractivity contribution in [3.05, 3.63) is 24.3 Å². The number of nitrogens with one attached hydrogen (secondary N) is 3. The maximum Gasteiger partial charge on any atom is 0.329 e. The monoisotopic (exact) mass is 285 g/mol. The van der Waals surface area contributed by atoms with E-state index in [1.165, 1.54) is 6.07 Å². The average Bonchev–Trinajstić information content (AvgIpc) is 2.79. The molecular formula is C12H11N7O2. The van der Waals surface area contributed by atoms with Crippen LogP contribution in [0.5, 0.6) is 0 Å². The number of hydrazone groups is 1. The van der Waals surface area contributed by atoms with E-state index in [9.17, 15) is 9.59 Å². The molecule has 0 unspecified atom stereocenters. The smallest absolute Gasteiger partial charge is 0.329 e. The largest absolute Gasteiger partial charge is 0.382 e. The highest BCUT2D eigenvalue weighted by Gasteiger charge is 2.29. The van der Waals surface area contributed by atoms with E-state index in [1.807, 2.05) is 0 Å². The lowest BCUT2D eigenvalue weighted by molar-refractivity contribution is -0.115. The van der Waals surface area contributed by atoms with Gasteiger partial charge in [-0.15, -0.1) is 0 Å². The molecule has 3 amide bonds. The Bertz CT molecular complexity index is 673. The van der Waals surface area contributed by atoms with Gasteiger partial charge in [0, 0.05) is 0 Å². The number of anilines is 2. The first kappa shape index (κ1) is 14.0. The molecule has 0 aliphatic carbocycles. The van der Waals surface area contributed by atoms with Gasteiger partial charge < -0.3 is 11.1 Å². The molecule has 2 rings (SSSR count). The predicted molar refractivity (Wildman–Crippen MR) is 75.9 cm³/mol. The Morgan fingerprint density at radius 1 is 1.52 bits per heavy atom. The number of nitriles is 1. The lowest BCUT2D eigenvalue weighted by Gasteiger charge is -2.13. The number of nitrogens with zero attached hydrogens (tertiary/aromatic N) is 3. The van der Waals surface area contributed by atoms with Crippen molar-refractivity contribution in [3.63, 3.8) is 0 Å². The number of hydrogen-bond donors (Lipinski definition) is 4. The standard InChI is InChI=1S/C12H11N7O2/c13-5-9(11(14)15)18-17-7-2-1-3-8(4-7)19-10(20)6-16-12(19)21/h1-4,17H,6H2,(H3,14,15)(H,16,21)/b18-9+. The lowest BCUT2D eigenvalue weighted by Crippen LogP contribution is -2.30. The van der Waals surface area contributed by atoms with Crippen LogP contribution in [0.1, 0.15) is 0 Å². The predicted octanol–water partition coefficient (Wildman–Crippen LogP) is -0.0297. The number of carbonyl (C=O) groups is 2. The molecule has 1 saturated heterocycles. The molecule has 1 aliphatic rings. The van der Waals surface area contributed by atoms with Gasteiger partial charge in [0.1, 0.15) is 6.07 Å².